The number of carbonyl (C=O) groups excluding carboxylic acids is 2. The Hall–Kier alpha value is -3.96. The molecule has 11 heteroatoms. The number of esters is 1. The minimum atomic E-state index is -0.796. The van der Waals surface area contributed by atoms with E-state index in [1.807, 2.05) is 48.3 Å². The van der Waals surface area contributed by atoms with Gasteiger partial charge in [-0.2, -0.15) is 0 Å². The van der Waals surface area contributed by atoms with Gasteiger partial charge in [-0.15, -0.1) is 0 Å². The summed E-state index contributed by atoms with van der Waals surface area (Å²) in [7, 11) is 3.10. The van der Waals surface area contributed by atoms with Crippen LogP contribution in [0.5, 0.6) is 5.75 Å². The molecule has 0 N–H and O–H groups in total. The van der Waals surface area contributed by atoms with Gasteiger partial charge in [0, 0.05) is 32.4 Å². The molecule has 1 amide bonds. The number of likely N-dealkylation sites (N-methyl/N-ethyl adjacent to an activating group) is 1. The molecule has 0 bridgehead atoms. The Morgan fingerprint density at radius 3 is 2.54 bits per heavy atom. The van der Waals surface area contributed by atoms with Gasteiger partial charge in [0.05, 0.1) is 38.2 Å². The fourth-order valence-corrected chi connectivity index (χ4v) is 4.53. The van der Waals surface area contributed by atoms with E-state index in [0.717, 1.165) is 11.3 Å². The molecule has 2 saturated heterocycles. The summed E-state index contributed by atoms with van der Waals surface area (Å²) in [5.41, 5.74) is 1.44. The van der Waals surface area contributed by atoms with E-state index in [2.05, 4.69) is 9.88 Å². The highest BCUT2D eigenvalue weighted by Crippen LogP contribution is 2.30. The zero-order chi connectivity index (χ0) is 25.9. The van der Waals surface area contributed by atoms with Crippen molar-refractivity contribution in [2.75, 3.05) is 69.9 Å². The number of piperazine rings is 1. The molecular weight excluding hydrogens is 478 g/mol. The van der Waals surface area contributed by atoms with Crippen LogP contribution in [0.25, 0.3) is 5.65 Å². The molecule has 0 spiro atoms. The van der Waals surface area contributed by atoms with Crippen LogP contribution in [0.4, 0.5) is 11.4 Å². The molecule has 3 aromatic rings. The van der Waals surface area contributed by atoms with Crippen molar-refractivity contribution in [2.24, 2.45) is 0 Å². The second-order valence-electron chi connectivity index (χ2n) is 9.02. The molecule has 2 fully saturated rings. The van der Waals surface area contributed by atoms with Gasteiger partial charge in [-0.25, -0.2) is 9.78 Å². The lowest BCUT2D eigenvalue weighted by atomic mass is 10.2. The van der Waals surface area contributed by atoms with Crippen molar-refractivity contribution < 1.29 is 23.8 Å². The van der Waals surface area contributed by atoms with Gasteiger partial charge >= 0.3 is 11.5 Å². The Bertz CT molecular complexity index is 1370. The van der Waals surface area contributed by atoms with Crippen LogP contribution in [0.15, 0.2) is 47.4 Å². The number of hydrogen-bond acceptors (Lipinski definition) is 9. The molecule has 37 heavy (non-hydrogen) atoms. The molecule has 0 aliphatic carbocycles. The summed E-state index contributed by atoms with van der Waals surface area (Å²) in [5.74, 6) is -1.12. The number of fused-ring (bicyclic) bond motifs is 1. The molecule has 2 aliphatic heterocycles. The Balaban J connectivity index is 1.68. The predicted octanol–water partition coefficient (Wildman–Crippen LogP) is 1.18. The third kappa shape index (κ3) is 5.00. The van der Waals surface area contributed by atoms with Gasteiger partial charge in [-0.1, -0.05) is 30.3 Å². The van der Waals surface area contributed by atoms with Crippen molar-refractivity contribution in [1.82, 2.24) is 14.3 Å². The quantitative estimate of drug-likeness (QED) is 0.455. The predicted molar refractivity (Wildman–Crippen MR) is 136 cm³/mol. The molecule has 0 unspecified atom stereocenters. The maximum absolute atomic E-state index is 13.8. The van der Waals surface area contributed by atoms with Crippen LogP contribution in [0.2, 0.25) is 0 Å². The molecule has 5 rings (SSSR count). The molecule has 0 atom stereocenters. The van der Waals surface area contributed by atoms with Gasteiger partial charge in [0.15, 0.2) is 11.3 Å². The minimum Gasteiger partial charge on any atom is -0.481 e. The number of carbonyl (C=O) groups is 2. The topological polar surface area (TPSA) is 106 Å². The van der Waals surface area contributed by atoms with Crippen molar-refractivity contribution >= 4 is 28.9 Å². The van der Waals surface area contributed by atoms with Crippen LogP contribution in [0.1, 0.15) is 16.1 Å². The molecule has 4 heterocycles. The molecule has 1 aromatic carbocycles. The number of anilines is 2. The number of pyridine rings is 1. The Kier molecular flexibility index (Phi) is 7.06. The first-order chi connectivity index (χ1) is 18.0. The van der Waals surface area contributed by atoms with Crippen LogP contribution in [0, 0.1) is 0 Å². The normalized spacial score (nSPS) is 16.8. The van der Waals surface area contributed by atoms with Crippen molar-refractivity contribution in [3.8, 4) is 5.75 Å². The summed E-state index contributed by atoms with van der Waals surface area (Å²) in [6, 6.07) is 11.2. The second kappa shape index (κ2) is 10.6. The summed E-state index contributed by atoms with van der Waals surface area (Å²) in [4.78, 5) is 49.8. The summed E-state index contributed by atoms with van der Waals surface area (Å²) < 4.78 is 17.7. The minimum absolute atomic E-state index is 0.0702. The van der Waals surface area contributed by atoms with Gasteiger partial charge in [-0.3, -0.25) is 18.9 Å². The maximum Gasteiger partial charge on any atom is 0.360 e. The van der Waals surface area contributed by atoms with Crippen LogP contribution < -0.4 is 20.1 Å². The van der Waals surface area contributed by atoms with Crippen molar-refractivity contribution in [3.63, 3.8) is 0 Å². The van der Waals surface area contributed by atoms with Crippen molar-refractivity contribution in [1.29, 1.82) is 0 Å². The number of rotatable bonds is 6. The Morgan fingerprint density at radius 2 is 1.84 bits per heavy atom. The number of ether oxygens (including phenoxy) is 3. The highest BCUT2D eigenvalue weighted by Gasteiger charge is 2.29. The first-order valence-corrected chi connectivity index (χ1v) is 12.1. The van der Waals surface area contributed by atoms with E-state index in [-0.39, 0.29) is 36.1 Å². The van der Waals surface area contributed by atoms with Gasteiger partial charge in [-0.05, 0) is 18.7 Å². The largest absolute Gasteiger partial charge is 0.481 e. The summed E-state index contributed by atoms with van der Waals surface area (Å²) in [5, 5.41) is 0. The first-order valence-electron chi connectivity index (χ1n) is 12.1. The molecule has 2 aliphatic rings. The lowest BCUT2D eigenvalue weighted by Gasteiger charge is -2.34. The van der Waals surface area contributed by atoms with E-state index < -0.39 is 11.5 Å². The molecule has 11 nitrogen and oxygen atoms in total. The molecule has 194 valence electrons. The summed E-state index contributed by atoms with van der Waals surface area (Å²) in [6.07, 6.45) is 1.68. The lowest BCUT2D eigenvalue weighted by molar-refractivity contribution is -0.120. The van der Waals surface area contributed by atoms with Crippen LogP contribution in [-0.4, -0.2) is 86.3 Å². The number of morpholine rings is 1. The van der Waals surface area contributed by atoms with Crippen LogP contribution >= 0.6 is 0 Å². The van der Waals surface area contributed by atoms with Crippen molar-refractivity contribution in [2.45, 2.75) is 6.61 Å². The highest BCUT2D eigenvalue weighted by molar-refractivity contribution is 6.00. The smallest absolute Gasteiger partial charge is 0.360 e. The van der Waals surface area contributed by atoms with Gasteiger partial charge < -0.3 is 24.0 Å². The zero-order valence-corrected chi connectivity index (χ0v) is 20.9. The summed E-state index contributed by atoms with van der Waals surface area (Å²) in [6.45, 7) is 3.78. The maximum atomic E-state index is 13.8. The van der Waals surface area contributed by atoms with Gasteiger partial charge in [0.1, 0.15) is 6.61 Å². The molecule has 0 radical (unpaired) electrons. The average molecular weight is 508 g/mol. The molecule has 0 saturated carbocycles. The number of amides is 1. The van der Waals surface area contributed by atoms with Crippen LogP contribution in [0.3, 0.4) is 0 Å². The molecule has 2 aromatic heterocycles. The second-order valence-corrected chi connectivity index (χ2v) is 9.02. The Morgan fingerprint density at radius 1 is 1.08 bits per heavy atom. The highest BCUT2D eigenvalue weighted by atomic mass is 16.5. The standard InChI is InChI=1S/C26H29N5O6/c1-28-8-9-30(21(32)16-28)20-14-19(29-10-12-36-13-11-29)15-31-24(20)27-22(26(34)35-2)23(25(31)33)37-17-18-6-4-3-5-7-18/h3-7,14-15H,8-13,16-17H2,1-2H3. The number of aromatic nitrogens is 2. The third-order valence-electron chi connectivity index (χ3n) is 6.53. The fourth-order valence-electron chi connectivity index (χ4n) is 4.53. The van der Waals surface area contributed by atoms with E-state index >= 15 is 0 Å². The third-order valence-corrected chi connectivity index (χ3v) is 6.53. The van der Waals surface area contributed by atoms with E-state index in [9.17, 15) is 14.4 Å². The zero-order valence-electron chi connectivity index (χ0n) is 20.9. The molecular formula is C26H29N5O6. The Labute approximate surface area is 213 Å². The lowest BCUT2D eigenvalue weighted by Crippen LogP contribution is -2.49. The number of hydrogen-bond donors (Lipinski definition) is 0. The first kappa shape index (κ1) is 24.7. The number of nitrogens with zero attached hydrogens (tertiary/aromatic N) is 5. The van der Waals surface area contributed by atoms with E-state index in [4.69, 9.17) is 14.2 Å². The van der Waals surface area contributed by atoms with E-state index in [1.54, 1.807) is 11.1 Å². The monoisotopic (exact) mass is 507 g/mol. The summed E-state index contributed by atoms with van der Waals surface area (Å²) >= 11 is 0. The SMILES string of the molecule is COC(=O)c1nc2c(N3CCN(C)CC3=O)cc(N3CCOCC3)cn2c(=O)c1OCc1ccccc1. The van der Waals surface area contributed by atoms with Gasteiger partial charge in [0.2, 0.25) is 11.7 Å². The fraction of sp³-hybridized carbons (Fsp3) is 0.385. The van der Waals surface area contributed by atoms with Gasteiger partial charge in [0.25, 0.3) is 0 Å². The van der Waals surface area contributed by atoms with E-state index in [1.165, 1.54) is 11.5 Å². The number of methoxy groups -OCH3 is 1. The van der Waals surface area contributed by atoms with E-state index in [0.29, 0.717) is 45.1 Å². The van der Waals surface area contributed by atoms with Crippen molar-refractivity contribution in [3.05, 3.63) is 64.2 Å². The average Bonchev–Trinajstić information content (AvgIpc) is 2.92. The number of benzene rings is 1. The van der Waals surface area contributed by atoms with Crippen LogP contribution in [-0.2, 0) is 20.9 Å².